The second kappa shape index (κ2) is 4.95. The molecule has 0 spiro atoms. The van der Waals surface area contributed by atoms with Gasteiger partial charge in [0, 0.05) is 28.3 Å². The van der Waals surface area contributed by atoms with Crippen molar-refractivity contribution < 1.29 is 0 Å². The molecule has 0 amide bonds. The number of rotatable bonds is 2. The predicted molar refractivity (Wildman–Crippen MR) is 92.8 cm³/mol. The van der Waals surface area contributed by atoms with Crippen LogP contribution in [-0.4, -0.2) is 20.2 Å². The molecule has 2 aromatic heterocycles. The minimum atomic E-state index is 0.546. The zero-order chi connectivity index (χ0) is 16.0. The van der Waals surface area contributed by atoms with Gasteiger partial charge in [-0.05, 0) is 49.2 Å². The summed E-state index contributed by atoms with van der Waals surface area (Å²) in [6.45, 7) is 4.02. The Morgan fingerprint density at radius 1 is 1.13 bits per heavy atom. The van der Waals surface area contributed by atoms with E-state index in [2.05, 4.69) is 38.5 Å². The second-order valence-corrected chi connectivity index (χ2v) is 5.66. The first-order valence-corrected chi connectivity index (χ1v) is 7.34. The molecule has 6 heteroatoms. The van der Waals surface area contributed by atoms with E-state index in [1.165, 1.54) is 0 Å². The van der Waals surface area contributed by atoms with Gasteiger partial charge in [-0.2, -0.15) is 5.10 Å². The molecule has 6 nitrogen and oxygen atoms in total. The molecule has 0 radical (unpaired) electrons. The van der Waals surface area contributed by atoms with Crippen molar-refractivity contribution in [2.45, 2.75) is 13.8 Å². The van der Waals surface area contributed by atoms with Crippen molar-refractivity contribution in [2.75, 3.05) is 11.1 Å². The summed E-state index contributed by atoms with van der Waals surface area (Å²) in [6.07, 6.45) is 3.63. The van der Waals surface area contributed by atoms with Gasteiger partial charge in [0.15, 0.2) is 0 Å². The quantitative estimate of drug-likeness (QED) is 0.493. The maximum Gasteiger partial charge on any atom is 0.227 e. The molecule has 2 aromatic carbocycles. The third-order valence-electron chi connectivity index (χ3n) is 4.07. The number of nitrogens with two attached hydrogens (primary N) is 1. The molecule has 0 aliphatic rings. The fourth-order valence-corrected chi connectivity index (χ4v) is 2.74. The van der Waals surface area contributed by atoms with E-state index in [0.717, 1.165) is 44.3 Å². The summed E-state index contributed by atoms with van der Waals surface area (Å²) in [5.41, 5.74) is 11.6. The number of hydrogen-bond donors (Lipinski definition) is 3. The number of anilines is 3. The lowest BCUT2D eigenvalue weighted by Crippen LogP contribution is -1.99. The number of hydrogen-bond acceptors (Lipinski definition) is 5. The molecule has 4 N–H and O–H groups in total. The highest BCUT2D eigenvalue weighted by Gasteiger charge is 2.07. The zero-order valence-electron chi connectivity index (χ0n) is 12.9. The van der Waals surface area contributed by atoms with Crippen LogP contribution >= 0.6 is 0 Å². The minimum absolute atomic E-state index is 0.546. The maximum atomic E-state index is 5.97. The Kier molecular flexibility index (Phi) is 2.90. The van der Waals surface area contributed by atoms with E-state index in [4.69, 9.17) is 5.73 Å². The number of benzene rings is 2. The molecule has 23 heavy (non-hydrogen) atoms. The Balaban J connectivity index is 1.77. The molecule has 0 fully saturated rings. The van der Waals surface area contributed by atoms with Crippen molar-refractivity contribution in [3.63, 3.8) is 0 Å². The molecule has 4 aromatic rings. The van der Waals surface area contributed by atoms with E-state index in [1.807, 2.05) is 31.3 Å². The van der Waals surface area contributed by atoms with Crippen molar-refractivity contribution in [3.8, 4) is 0 Å². The van der Waals surface area contributed by atoms with Gasteiger partial charge in [0.2, 0.25) is 5.95 Å². The summed E-state index contributed by atoms with van der Waals surface area (Å²) < 4.78 is 0. The molecular weight excluding hydrogens is 288 g/mol. The second-order valence-electron chi connectivity index (χ2n) is 5.66. The van der Waals surface area contributed by atoms with Crippen molar-refractivity contribution in [3.05, 3.63) is 47.8 Å². The lowest BCUT2D eigenvalue weighted by Gasteiger charge is -2.09. The van der Waals surface area contributed by atoms with Crippen molar-refractivity contribution in [1.29, 1.82) is 0 Å². The number of H-pyrrole nitrogens is 1. The molecule has 0 aliphatic heterocycles. The van der Waals surface area contributed by atoms with Gasteiger partial charge in [-0.1, -0.05) is 0 Å². The van der Waals surface area contributed by atoms with Crippen LogP contribution in [0.2, 0.25) is 0 Å². The number of nitrogen functional groups attached to an aromatic ring is 1. The normalized spacial score (nSPS) is 11.2. The number of aryl methyl sites for hydroxylation is 2. The number of fused-ring (bicyclic) bond motifs is 2. The van der Waals surface area contributed by atoms with Gasteiger partial charge in [-0.25, -0.2) is 9.97 Å². The average Bonchev–Trinajstić information content (AvgIpc) is 3.00. The zero-order valence-corrected chi connectivity index (χ0v) is 12.9. The van der Waals surface area contributed by atoms with Gasteiger partial charge in [-0.15, -0.1) is 0 Å². The van der Waals surface area contributed by atoms with E-state index >= 15 is 0 Å². The molecule has 4 rings (SSSR count). The van der Waals surface area contributed by atoms with Crippen molar-refractivity contribution in [1.82, 2.24) is 20.2 Å². The van der Waals surface area contributed by atoms with Gasteiger partial charge < -0.3 is 11.1 Å². The Morgan fingerprint density at radius 2 is 2.00 bits per heavy atom. The first kappa shape index (κ1) is 13.5. The van der Waals surface area contributed by atoms with Crippen LogP contribution < -0.4 is 11.1 Å². The van der Waals surface area contributed by atoms with E-state index in [-0.39, 0.29) is 0 Å². The van der Waals surface area contributed by atoms with E-state index < -0.39 is 0 Å². The Hall–Kier alpha value is -3.15. The molecule has 0 bridgehead atoms. The summed E-state index contributed by atoms with van der Waals surface area (Å²) >= 11 is 0. The highest BCUT2D eigenvalue weighted by molar-refractivity contribution is 5.88. The topological polar surface area (TPSA) is 92.5 Å². The molecule has 0 saturated carbocycles. The molecule has 0 unspecified atom stereocenters. The Morgan fingerprint density at radius 3 is 2.87 bits per heavy atom. The molecule has 0 aliphatic carbocycles. The third kappa shape index (κ3) is 2.24. The summed E-state index contributed by atoms with van der Waals surface area (Å²) in [5.74, 6) is 0.546. The first-order valence-electron chi connectivity index (χ1n) is 7.34. The summed E-state index contributed by atoms with van der Waals surface area (Å²) in [7, 11) is 0. The number of nitrogens with one attached hydrogen (secondary N) is 2. The predicted octanol–water partition coefficient (Wildman–Crippen LogP) is 3.45. The van der Waals surface area contributed by atoms with Gasteiger partial charge in [0.05, 0.1) is 17.2 Å². The monoisotopic (exact) mass is 304 g/mol. The van der Waals surface area contributed by atoms with Crippen LogP contribution in [-0.2, 0) is 0 Å². The standard InChI is InChI=1S/C17H16N6/c1-9-5-12(6-15-13(9)8-20-23-15)21-17-19-7-11-3-4-14(18)10(2)16(11)22-17/h3-8H,18H2,1-2H3,(H,20,23)(H,19,21,22). The number of aromatic nitrogens is 4. The molecule has 0 saturated heterocycles. The van der Waals surface area contributed by atoms with Crippen molar-refractivity contribution in [2.24, 2.45) is 0 Å². The number of aromatic amines is 1. The van der Waals surface area contributed by atoms with E-state index in [9.17, 15) is 0 Å². The SMILES string of the molecule is Cc1cc(Nc2ncc3ccc(N)c(C)c3n2)cc2[nH]ncc12. The maximum absolute atomic E-state index is 5.97. The largest absolute Gasteiger partial charge is 0.398 e. The lowest BCUT2D eigenvalue weighted by atomic mass is 10.1. The summed E-state index contributed by atoms with van der Waals surface area (Å²) in [5, 5.41) is 12.4. The van der Waals surface area contributed by atoms with Gasteiger partial charge in [-0.3, -0.25) is 5.10 Å². The summed E-state index contributed by atoms with van der Waals surface area (Å²) in [6, 6.07) is 7.86. The summed E-state index contributed by atoms with van der Waals surface area (Å²) in [4.78, 5) is 8.98. The fourth-order valence-electron chi connectivity index (χ4n) is 2.74. The van der Waals surface area contributed by atoms with Crippen LogP contribution in [0.4, 0.5) is 17.3 Å². The van der Waals surface area contributed by atoms with Crippen LogP contribution in [0.15, 0.2) is 36.7 Å². The van der Waals surface area contributed by atoms with Crippen LogP contribution in [0.1, 0.15) is 11.1 Å². The highest BCUT2D eigenvalue weighted by atomic mass is 15.1. The van der Waals surface area contributed by atoms with Crippen LogP contribution in [0.25, 0.3) is 21.8 Å². The van der Waals surface area contributed by atoms with E-state index in [1.54, 1.807) is 6.20 Å². The molecule has 2 heterocycles. The van der Waals surface area contributed by atoms with Crippen molar-refractivity contribution >= 4 is 39.1 Å². The minimum Gasteiger partial charge on any atom is -0.398 e. The first-order chi connectivity index (χ1) is 11.1. The van der Waals surface area contributed by atoms with Gasteiger partial charge in [0.25, 0.3) is 0 Å². The fraction of sp³-hybridized carbons (Fsp3) is 0.118. The average molecular weight is 304 g/mol. The highest BCUT2D eigenvalue weighted by Crippen LogP contribution is 2.25. The van der Waals surface area contributed by atoms with Crippen LogP contribution in [0.3, 0.4) is 0 Å². The van der Waals surface area contributed by atoms with Crippen LogP contribution in [0.5, 0.6) is 0 Å². The molecular formula is C17H16N6. The molecule has 0 atom stereocenters. The van der Waals surface area contributed by atoms with Gasteiger partial charge in [0.1, 0.15) is 0 Å². The van der Waals surface area contributed by atoms with Crippen LogP contribution in [0, 0.1) is 13.8 Å². The Bertz CT molecular complexity index is 1030. The third-order valence-corrected chi connectivity index (χ3v) is 4.07. The van der Waals surface area contributed by atoms with Gasteiger partial charge >= 0.3 is 0 Å². The number of nitrogens with zero attached hydrogens (tertiary/aromatic N) is 3. The lowest BCUT2D eigenvalue weighted by molar-refractivity contribution is 1.12. The molecule has 114 valence electrons. The van der Waals surface area contributed by atoms with E-state index in [0.29, 0.717) is 5.95 Å². The Labute approximate surface area is 132 Å². The smallest absolute Gasteiger partial charge is 0.227 e.